The number of benzene rings is 2. The maximum atomic E-state index is 11.9. The minimum Gasteiger partial charge on any atom is -0.493 e. The molecule has 0 aliphatic carbocycles. The van der Waals surface area contributed by atoms with Gasteiger partial charge < -0.3 is 19.5 Å². The number of aryl methyl sites for hydroxylation is 1. The highest BCUT2D eigenvalue weighted by Gasteiger charge is 2.06. The SMILES string of the molecule is COc1ccccc1OCCNC(=O)COc1ccc(-c2nc(C)cs2)cc1. The van der Waals surface area contributed by atoms with Crippen molar-refractivity contribution in [2.24, 2.45) is 0 Å². The van der Waals surface area contributed by atoms with Crippen molar-refractivity contribution in [1.29, 1.82) is 0 Å². The Balaban J connectivity index is 1.38. The van der Waals surface area contributed by atoms with Gasteiger partial charge in [0.05, 0.1) is 13.7 Å². The van der Waals surface area contributed by atoms with Crippen LogP contribution in [0.1, 0.15) is 5.69 Å². The standard InChI is InChI=1S/C21H22N2O4S/c1-15-14-28-21(23-15)16-7-9-17(10-8-16)27-13-20(24)22-11-12-26-19-6-4-3-5-18(19)25-2/h3-10,14H,11-13H2,1-2H3,(H,22,24). The van der Waals surface area contributed by atoms with Crippen molar-refractivity contribution in [3.63, 3.8) is 0 Å². The summed E-state index contributed by atoms with van der Waals surface area (Å²) in [4.78, 5) is 16.4. The highest BCUT2D eigenvalue weighted by molar-refractivity contribution is 7.13. The van der Waals surface area contributed by atoms with Crippen LogP contribution in [0.4, 0.5) is 0 Å². The van der Waals surface area contributed by atoms with Gasteiger partial charge in [-0.25, -0.2) is 4.98 Å². The maximum absolute atomic E-state index is 11.9. The van der Waals surface area contributed by atoms with Gasteiger partial charge in [-0.2, -0.15) is 0 Å². The summed E-state index contributed by atoms with van der Waals surface area (Å²) in [6.45, 7) is 2.64. The van der Waals surface area contributed by atoms with E-state index in [-0.39, 0.29) is 12.5 Å². The van der Waals surface area contributed by atoms with Crippen LogP contribution in [0.15, 0.2) is 53.9 Å². The normalized spacial score (nSPS) is 10.4. The van der Waals surface area contributed by atoms with Crippen LogP contribution in [0.5, 0.6) is 17.2 Å². The van der Waals surface area contributed by atoms with E-state index >= 15 is 0 Å². The van der Waals surface area contributed by atoms with E-state index in [1.807, 2.05) is 60.8 Å². The lowest BCUT2D eigenvalue weighted by Crippen LogP contribution is -2.32. The molecule has 0 aliphatic heterocycles. The number of nitrogens with zero attached hydrogens (tertiary/aromatic N) is 1. The summed E-state index contributed by atoms with van der Waals surface area (Å²) in [6, 6.07) is 14.9. The van der Waals surface area contributed by atoms with Crippen molar-refractivity contribution >= 4 is 17.2 Å². The number of ether oxygens (including phenoxy) is 3. The first kappa shape index (κ1) is 19.7. The molecule has 0 bridgehead atoms. The Hall–Kier alpha value is -3.06. The molecule has 1 amide bonds. The lowest BCUT2D eigenvalue weighted by atomic mass is 10.2. The molecule has 3 rings (SSSR count). The molecule has 146 valence electrons. The first-order valence-electron chi connectivity index (χ1n) is 8.83. The number of carbonyl (C=O) groups excluding carboxylic acids is 1. The van der Waals surface area contributed by atoms with Crippen molar-refractivity contribution in [2.45, 2.75) is 6.92 Å². The second kappa shape index (κ2) is 9.75. The Labute approximate surface area is 168 Å². The molecular weight excluding hydrogens is 376 g/mol. The average molecular weight is 398 g/mol. The van der Waals surface area contributed by atoms with E-state index in [0.29, 0.717) is 30.4 Å². The van der Waals surface area contributed by atoms with Crippen LogP contribution in [-0.2, 0) is 4.79 Å². The molecule has 3 aromatic rings. The third-order valence-electron chi connectivity index (χ3n) is 3.84. The van der Waals surface area contributed by atoms with Crippen molar-refractivity contribution in [3.8, 4) is 27.8 Å². The number of nitrogens with one attached hydrogen (secondary N) is 1. The van der Waals surface area contributed by atoms with Gasteiger partial charge in [0.2, 0.25) is 0 Å². The molecule has 0 saturated heterocycles. The third-order valence-corrected chi connectivity index (χ3v) is 4.85. The number of methoxy groups -OCH3 is 1. The lowest BCUT2D eigenvalue weighted by Gasteiger charge is -2.11. The number of hydrogen-bond donors (Lipinski definition) is 1. The second-order valence-corrected chi connectivity index (χ2v) is 6.81. The Bertz CT molecular complexity index is 909. The predicted octanol–water partition coefficient (Wildman–Crippen LogP) is 3.70. The summed E-state index contributed by atoms with van der Waals surface area (Å²) in [6.07, 6.45) is 0. The molecule has 0 saturated carbocycles. The number of amides is 1. The number of rotatable bonds is 9. The van der Waals surface area contributed by atoms with Gasteiger partial charge in [-0.1, -0.05) is 12.1 Å². The zero-order valence-corrected chi connectivity index (χ0v) is 16.6. The van der Waals surface area contributed by atoms with Gasteiger partial charge in [0.15, 0.2) is 18.1 Å². The smallest absolute Gasteiger partial charge is 0.258 e. The summed E-state index contributed by atoms with van der Waals surface area (Å²) in [7, 11) is 1.59. The molecule has 1 aromatic heterocycles. The molecule has 0 aliphatic rings. The van der Waals surface area contributed by atoms with Crippen molar-refractivity contribution in [3.05, 3.63) is 59.6 Å². The second-order valence-electron chi connectivity index (χ2n) is 5.96. The Kier molecular flexibility index (Phi) is 6.86. The molecule has 7 heteroatoms. The van der Waals surface area contributed by atoms with Crippen molar-refractivity contribution in [1.82, 2.24) is 10.3 Å². The van der Waals surface area contributed by atoms with E-state index in [9.17, 15) is 4.79 Å². The Morgan fingerprint density at radius 1 is 1.07 bits per heavy atom. The monoisotopic (exact) mass is 398 g/mol. The number of aromatic nitrogens is 1. The van der Waals surface area contributed by atoms with Gasteiger partial charge in [-0.05, 0) is 43.3 Å². The maximum Gasteiger partial charge on any atom is 0.258 e. The zero-order chi connectivity index (χ0) is 19.8. The van der Waals surface area contributed by atoms with Crippen LogP contribution < -0.4 is 19.5 Å². The largest absolute Gasteiger partial charge is 0.493 e. The molecule has 6 nitrogen and oxygen atoms in total. The fourth-order valence-corrected chi connectivity index (χ4v) is 3.27. The van der Waals surface area contributed by atoms with Crippen LogP contribution in [0.25, 0.3) is 10.6 Å². The summed E-state index contributed by atoms with van der Waals surface area (Å²) >= 11 is 1.60. The molecule has 2 aromatic carbocycles. The highest BCUT2D eigenvalue weighted by atomic mass is 32.1. The minimum absolute atomic E-state index is 0.0512. The average Bonchev–Trinajstić information content (AvgIpc) is 3.16. The number of carbonyl (C=O) groups is 1. The molecule has 0 spiro atoms. The van der Waals surface area contributed by atoms with E-state index in [4.69, 9.17) is 14.2 Å². The van der Waals surface area contributed by atoms with Gasteiger partial charge in [0.1, 0.15) is 17.4 Å². The van der Waals surface area contributed by atoms with Crippen molar-refractivity contribution < 1.29 is 19.0 Å². The van der Waals surface area contributed by atoms with Crippen LogP contribution >= 0.6 is 11.3 Å². The quantitative estimate of drug-likeness (QED) is 0.557. The number of thiazole rings is 1. The summed E-state index contributed by atoms with van der Waals surface area (Å²) in [5, 5.41) is 5.75. The number of para-hydroxylation sites is 2. The fourth-order valence-electron chi connectivity index (χ4n) is 2.47. The Morgan fingerprint density at radius 3 is 2.50 bits per heavy atom. The van der Waals surface area contributed by atoms with Gasteiger partial charge in [0, 0.05) is 16.6 Å². The van der Waals surface area contributed by atoms with E-state index in [0.717, 1.165) is 16.3 Å². The van der Waals surface area contributed by atoms with Crippen LogP contribution in [0, 0.1) is 6.92 Å². The molecule has 0 radical (unpaired) electrons. The molecule has 0 atom stereocenters. The van der Waals surface area contributed by atoms with Gasteiger partial charge >= 0.3 is 0 Å². The number of hydrogen-bond acceptors (Lipinski definition) is 6. The van der Waals surface area contributed by atoms with Gasteiger partial charge in [0.25, 0.3) is 5.91 Å². The van der Waals surface area contributed by atoms with Gasteiger partial charge in [-0.15, -0.1) is 11.3 Å². The third kappa shape index (κ3) is 5.47. The van der Waals surface area contributed by atoms with E-state index < -0.39 is 0 Å². The van der Waals surface area contributed by atoms with Gasteiger partial charge in [-0.3, -0.25) is 4.79 Å². The van der Waals surface area contributed by atoms with Crippen LogP contribution in [-0.4, -0.2) is 37.8 Å². The molecular formula is C21H22N2O4S. The van der Waals surface area contributed by atoms with E-state index in [1.54, 1.807) is 18.4 Å². The molecule has 1 N–H and O–H groups in total. The summed E-state index contributed by atoms with van der Waals surface area (Å²) < 4.78 is 16.4. The minimum atomic E-state index is -0.205. The first-order chi connectivity index (χ1) is 13.7. The van der Waals surface area contributed by atoms with E-state index in [2.05, 4.69) is 10.3 Å². The molecule has 0 unspecified atom stereocenters. The van der Waals surface area contributed by atoms with Crippen molar-refractivity contribution in [2.75, 3.05) is 26.9 Å². The first-order valence-corrected chi connectivity index (χ1v) is 9.71. The van der Waals surface area contributed by atoms with Crippen LogP contribution in [0.2, 0.25) is 0 Å². The Morgan fingerprint density at radius 2 is 1.82 bits per heavy atom. The fraction of sp³-hybridized carbons (Fsp3) is 0.238. The molecule has 0 fully saturated rings. The summed E-state index contributed by atoms with van der Waals surface area (Å²) in [5.74, 6) is 1.74. The zero-order valence-electron chi connectivity index (χ0n) is 15.8. The lowest BCUT2D eigenvalue weighted by molar-refractivity contribution is -0.123. The predicted molar refractivity (Wildman–Crippen MR) is 109 cm³/mol. The van der Waals surface area contributed by atoms with E-state index in [1.165, 1.54) is 0 Å². The van der Waals surface area contributed by atoms with Crippen LogP contribution in [0.3, 0.4) is 0 Å². The molecule has 28 heavy (non-hydrogen) atoms. The highest BCUT2D eigenvalue weighted by Crippen LogP contribution is 2.26. The molecule has 1 heterocycles. The summed E-state index contributed by atoms with van der Waals surface area (Å²) in [5.41, 5.74) is 2.04. The topological polar surface area (TPSA) is 69.7 Å².